The Balaban J connectivity index is 1.54. The summed E-state index contributed by atoms with van der Waals surface area (Å²) in [5, 5.41) is 15.2. The van der Waals surface area contributed by atoms with E-state index >= 15 is 0 Å². The van der Waals surface area contributed by atoms with Gasteiger partial charge in [0.1, 0.15) is 0 Å². The van der Waals surface area contributed by atoms with E-state index in [4.69, 9.17) is 5.84 Å². The summed E-state index contributed by atoms with van der Waals surface area (Å²) in [5.74, 6) is 6.18. The first-order valence-electron chi connectivity index (χ1n) is 7.95. The van der Waals surface area contributed by atoms with E-state index in [0.717, 1.165) is 14.5 Å². The van der Waals surface area contributed by atoms with Crippen LogP contribution in [0.25, 0.3) is 0 Å². The van der Waals surface area contributed by atoms with Gasteiger partial charge in [0.15, 0.2) is 0 Å². The molecule has 0 atom stereocenters. The molecule has 0 aliphatic rings. The molecule has 4 N–H and O–H groups in total. The molecule has 0 aliphatic heterocycles. The number of benzene rings is 2. The lowest BCUT2D eigenvalue weighted by Crippen LogP contribution is -2.17. The number of nitrogens with zero attached hydrogens (tertiary/aromatic N) is 4. The summed E-state index contributed by atoms with van der Waals surface area (Å²) in [6, 6.07) is 15.0. The third-order valence-corrected chi connectivity index (χ3v) is 5.50. The van der Waals surface area contributed by atoms with E-state index in [1.54, 1.807) is 6.21 Å². The number of para-hydroxylation sites is 1. The molecule has 0 aliphatic carbocycles. The highest BCUT2D eigenvalue weighted by molar-refractivity contribution is 9.10. The Hall–Kier alpha value is -2.37. The van der Waals surface area contributed by atoms with Crippen LogP contribution in [0, 0.1) is 0 Å². The summed E-state index contributed by atoms with van der Waals surface area (Å²) < 4.78 is 3.01. The average molecular weight is 525 g/mol. The fourth-order valence-electron chi connectivity index (χ4n) is 2.08. The SMILES string of the molecule is Nn1c(N/N=C/c2cccc(Br)c2)nnc1SCC(=O)Nc1ccccc1Br. The molecule has 1 amide bonds. The van der Waals surface area contributed by atoms with Crippen LogP contribution in [0.1, 0.15) is 5.56 Å². The van der Waals surface area contributed by atoms with Gasteiger partial charge in [-0.2, -0.15) is 5.10 Å². The van der Waals surface area contributed by atoms with Gasteiger partial charge in [0.05, 0.1) is 17.7 Å². The van der Waals surface area contributed by atoms with Crippen LogP contribution in [0.4, 0.5) is 11.6 Å². The Bertz CT molecular complexity index is 1010. The van der Waals surface area contributed by atoms with Crippen molar-refractivity contribution in [2.24, 2.45) is 5.10 Å². The standard InChI is InChI=1S/C17H15Br2N7OS/c18-12-5-3-4-11(8-12)9-21-23-16-24-25-17(26(16)20)28-10-15(27)22-14-7-2-1-6-13(14)19/h1-9H,10,20H2,(H,22,27)(H,23,24)/b21-9+. The fourth-order valence-corrected chi connectivity index (χ4v) is 3.54. The molecular weight excluding hydrogens is 510 g/mol. The number of carbonyl (C=O) groups excluding carboxylic acids is 1. The third-order valence-electron chi connectivity index (χ3n) is 3.37. The number of thioether (sulfide) groups is 1. The first-order chi connectivity index (χ1) is 13.5. The van der Waals surface area contributed by atoms with Crippen LogP contribution in [0.2, 0.25) is 0 Å². The number of aromatic nitrogens is 3. The quantitative estimate of drug-likeness (QED) is 0.188. The lowest BCUT2D eigenvalue weighted by atomic mass is 10.2. The van der Waals surface area contributed by atoms with Gasteiger partial charge in [0, 0.05) is 8.95 Å². The van der Waals surface area contributed by atoms with Crippen molar-refractivity contribution in [1.82, 2.24) is 14.9 Å². The molecular formula is C17H15Br2N7OS. The zero-order valence-corrected chi connectivity index (χ0v) is 18.3. The Kier molecular flexibility index (Phi) is 7.06. The van der Waals surface area contributed by atoms with Gasteiger partial charge < -0.3 is 11.2 Å². The highest BCUT2D eigenvalue weighted by atomic mass is 79.9. The van der Waals surface area contributed by atoms with E-state index in [1.807, 2.05) is 48.5 Å². The van der Waals surface area contributed by atoms with Crippen molar-refractivity contribution in [3.63, 3.8) is 0 Å². The molecule has 144 valence electrons. The van der Waals surface area contributed by atoms with Gasteiger partial charge in [-0.1, -0.05) is 52.0 Å². The maximum Gasteiger partial charge on any atom is 0.264 e. The molecule has 2 aromatic carbocycles. The van der Waals surface area contributed by atoms with Crippen LogP contribution in [-0.2, 0) is 4.79 Å². The van der Waals surface area contributed by atoms with Gasteiger partial charge in [-0.3, -0.25) is 4.79 Å². The van der Waals surface area contributed by atoms with Crippen LogP contribution in [0.3, 0.4) is 0 Å². The van der Waals surface area contributed by atoms with Crippen molar-refractivity contribution in [1.29, 1.82) is 0 Å². The molecule has 1 heterocycles. The minimum Gasteiger partial charge on any atom is -0.334 e. The summed E-state index contributed by atoms with van der Waals surface area (Å²) in [6.45, 7) is 0. The van der Waals surface area contributed by atoms with E-state index in [1.165, 1.54) is 16.4 Å². The molecule has 0 bridgehead atoms. The summed E-state index contributed by atoms with van der Waals surface area (Å²) in [6.07, 6.45) is 1.64. The maximum atomic E-state index is 12.1. The van der Waals surface area contributed by atoms with E-state index in [9.17, 15) is 4.79 Å². The molecule has 0 fully saturated rings. The van der Waals surface area contributed by atoms with Crippen molar-refractivity contribution in [2.75, 3.05) is 22.3 Å². The molecule has 0 radical (unpaired) electrons. The number of halogens is 2. The second-order valence-electron chi connectivity index (χ2n) is 5.42. The number of nitrogens with two attached hydrogens (primary N) is 1. The van der Waals surface area contributed by atoms with Gasteiger partial charge in [-0.15, -0.1) is 10.2 Å². The van der Waals surface area contributed by atoms with E-state index in [2.05, 4.69) is 57.9 Å². The second kappa shape index (κ2) is 9.71. The molecule has 0 unspecified atom stereocenters. The molecule has 28 heavy (non-hydrogen) atoms. The number of rotatable bonds is 7. The van der Waals surface area contributed by atoms with Gasteiger partial charge >= 0.3 is 0 Å². The lowest BCUT2D eigenvalue weighted by molar-refractivity contribution is -0.113. The molecule has 1 aromatic heterocycles. The third kappa shape index (κ3) is 5.57. The second-order valence-corrected chi connectivity index (χ2v) is 8.13. The zero-order chi connectivity index (χ0) is 19.9. The first-order valence-corrected chi connectivity index (χ1v) is 10.5. The predicted octanol–water partition coefficient (Wildman–Crippen LogP) is 3.69. The number of nitrogens with one attached hydrogen (secondary N) is 2. The van der Waals surface area contributed by atoms with E-state index in [0.29, 0.717) is 10.8 Å². The molecule has 3 rings (SSSR count). The van der Waals surface area contributed by atoms with Crippen molar-refractivity contribution in [3.8, 4) is 0 Å². The molecule has 3 aromatic rings. The smallest absolute Gasteiger partial charge is 0.264 e. The number of hydrogen-bond acceptors (Lipinski definition) is 7. The lowest BCUT2D eigenvalue weighted by Gasteiger charge is -2.06. The molecule has 8 nitrogen and oxygen atoms in total. The highest BCUT2D eigenvalue weighted by Crippen LogP contribution is 2.22. The van der Waals surface area contributed by atoms with Crippen molar-refractivity contribution in [3.05, 3.63) is 63.0 Å². The Morgan fingerprint density at radius 2 is 2.04 bits per heavy atom. The molecule has 11 heteroatoms. The highest BCUT2D eigenvalue weighted by Gasteiger charge is 2.12. The number of carbonyl (C=O) groups is 1. The normalized spacial score (nSPS) is 10.9. The monoisotopic (exact) mass is 523 g/mol. The van der Waals surface area contributed by atoms with Crippen LogP contribution < -0.4 is 16.6 Å². The van der Waals surface area contributed by atoms with Gasteiger partial charge in [0.25, 0.3) is 5.95 Å². The Labute approximate surface area is 182 Å². The van der Waals surface area contributed by atoms with Crippen molar-refractivity contribution < 1.29 is 4.79 Å². The molecule has 0 spiro atoms. The van der Waals surface area contributed by atoms with Gasteiger partial charge in [-0.05, 0) is 45.8 Å². The summed E-state index contributed by atoms with van der Waals surface area (Å²) in [7, 11) is 0. The summed E-state index contributed by atoms with van der Waals surface area (Å²) >= 11 is 7.96. The van der Waals surface area contributed by atoms with E-state index in [-0.39, 0.29) is 17.6 Å². The Morgan fingerprint density at radius 3 is 2.82 bits per heavy atom. The van der Waals surface area contributed by atoms with Crippen molar-refractivity contribution in [2.45, 2.75) is 5.16 Å². The molecule has 0 saturated carbocycles. The minimum atomic E-state index is -0.179. The summed E-state index contributed by atoms with van der Waals surface area (Å²) in [4.78, 5) is 12.1. The minimum absolute atomic E-state index is 0.137. The van der Waals surface area contributed by atoms with Gasteiger partial charge in [-0.25, -0.2) is 10.1 Å². The largest absolute Gasteiger partial charge is 0.334 e. The number of hydrazone groups is 1. The maximum absolute atomic E-state index is 12.1. The first kappa shape index (κ1) is 20.4. The number of hydrogen-bond donors (Lipinski definition) is 3. The zero-order valence-electron chi connectivity index (χ0n) is 14.3. The van der Waals surface area contributed by atoms with Crippen LogP contribution in [0.5, 0.6) is 0 Å². The van der Waals surface area contributed by atoms with Gasteiger partial charge in [0.2, 0.25) is 11.1 Å². The number of amides is 1. The Morgan fingerprint density at radius 1 is 1.21 bits per heavy atom. The number of anilines is 2. The van der Waals surface area contributed by atoms with E-state index < -0.39 is 0 Å². The predicted molar refractivity (Wildman–Crippen MR) is 119 cm³/mol. The van der Waals surface area contributed by atoms with Crippen molar-refractivity contribution >= 4 is 67.4 Å². The number of nitrogen functional groups attached to an aromatic ring is 1. The van der Waals surface area contributed by atoms with Crippen LogP contribution in [0.15, 0.2) is 67.7 Å². The van der Waals surface area contributed by atoms with Crippen LogP contribution >= 0.6 is 43.6 Å². The topological polar surface area (TPSA) is 110 Å². The average Bonchev–Trinajstić information content (AvgIpc) is 3.02. The molecule has 0 saturated heterocycles. The summed E-state index contributed by atoms with van der Waals surface area (Å²) in [5.41, 5.74) is 4.34. The fraction of sp³-hybridized carbons (Fsp3) is 0.0588. The van der Waals surface area contributed by atoms with Crippen LogP contribution in [-0.4, -0.2) is 32.7 Å².